The Hall–Kier alpha value is -4.16. The second kappa shape index (κ2) is 10.4. The van der Waals surface area contributed by atoms with Gasteiger partial charge in [0.15, 0.2) is 5.78 Å². The molecule has 0 fully saturated rings. The van der Waals surface area contributed by atoms with E-state index in [9.17, 15) is 19.6 Å². The van der Waals surface area contributed by atoms with E-state index in [1.807, 2.05) is 12.1 Å². The molecule has 0 aliphatic heterocycles. The van der Waals surface area contributed by atoms with Crippen LogP contribution in [0, 0.1) is 11.3 Å². The second-order valence-electron chi connectivity index (χ2n) is 7.09. The van der Waals surface area contributed by atoms with E-state index in [1.54, 1.807) is 55.5 Å². The molecule has 0 radical (unpaired) electrons. The van der Waals surface area contributed by atoms with Crippen molar-refractivity contribution in [2.24, 2.45) is 0 Å². The number of thioether (sulfide) groups is 1. The number of nitrogens with zero attached hydrogens (tertiary/aromatic N) is 2. The Bertz CT molecular complexity index is 1250. The first-order valence-electron chi connectivity index (χ1n) is 9.94. The van der Waals surface area contributed by atoms with Crippen LogP contribution < -0.4 is 16.4 Å². The number of nitrogens with two attached hydrogens (primary N) is 1. The van der Waals surface area contributed by atoms with Crippen molar-refractivity contribution in [3.05, 3.63) is 77.4 Å². The van der Waals surface area contributed by atoms with Crippen LogP contribution in [0.1, 0.15) is 40.1 Å². The number of nitrogens with one attached hydrogen (secondary N) is 2. The number of amides is 2. The van der Waals surface area contributed by atoms with Crippen LogP contribution in [0.25, 0.3) is 0 Å². The van der Waals surface area contributed by atoms with E-state index in [1.165, 1.54) is 13.0 Å². The molecule has 2 amide bonds. The van der Waals surface area contributed by atoms with Crippen LogP contribution in [0.2, 0.25) is 0 Å². The fourth-order valence-corrected chi connectivity index (χ4v) is 3.75. The highest BCUT2D eigenvalue weighted by Crippen LogP contribution is 2.29. The molecular formula is C24H21N5O3S. The lowest BCUT2D eigenvalue weighted by molar-refractivity contribution is -0.115. The summed E-state index contributed by atoms with van der Waals surface area (Å²) in [6.07, 6.45) is 0. The summed E-state index contributed by atoms with van der Waals surface area (Å²) in [5, 5.41) is 14.6. The molecule has 9 heteroatoms. The summed E-state index contributed by atoms with van der Waals surface area (Å²) in [6.45, 7) is 3.10. The molecule has 8 nitrogen and oxygen atoms in total. The number of carbonyl (C=O) groups is 3. The molecule has 3 aromatic rings. The van der Waals surface area contributed by atoms with Crippen LogP contribution in [0.3, 0.4) is 0 Å². The van der Waals surface area contributed by atoms with Crippen LogP contribution in [0.15, 0.2) is 65.7 Å². The minimum Gasteiger partial charge on any atom is -0.383 e. The lowest BCUT2D eigenvalue weighted by Crippen LogP contribution is -2.23. The molecule has 0 unspecified atom stereocenters. The van der Waals surface area contributed by atoms with Gasteiger partial charge in [0.2, 0.25) is 5.91 Å². The van der Waals surface area contributed by atoms with E-state index < -0.39 is 11.2 Å². The Morgan fingerprint density at radius 2 is 1.73 bits per heavy atom. The van der Waals surface area contributed by atoms with E-state index in [4.69, 9.17) is 5.73 Å². The van der Waals surface area contributed by atoms with Crippen molar-refractivity contribution in [3.8, 4) is 6.07 Å². The molecule has 1 aromatic heterocycles. The number of anilines is 3. The number of carbonyl (C=O) groups excluding carboxylic acids is 3. The molecule has 33 heavy (non-hydrogen) atoms. The van der Waals surface area contributed by atoms with Gasteiger partial charge in [-0.15, -0.1) is 0 Å². The van der Waals surface area contributed by atoms with Gasteiger partial charge in [-0.25, -0.2) is 4.98 Å². The van der Waals surface area contributed by atoms with Crippen molar-refractivity contribution in [1.29, 1.82) is 5.26 Å². The first-order valence-corrected chi connectivity index (χ1v) is 10.8. The van der Waals surface area contributed by atoms with E-state index in [-0.39, 0.29) is 33.7 Å². The number of aromatic nitrogens is 1. The zero-order valence-corrected chi connectivity index (χ0v) is 18.8. The number of benzene rings is 2. The predicted molar refractivity (Wildman–Crippen MR) is 128 cm³/mol. The maximum absolute atomic E-state index is 12.6. The molecule has 0 aliphatic carbocycles. The molecular weight excluding hydrogens is 438 g/mol. The van der Waals surface area contributed by atoms with E-state index in [0.29, 0.717) is 16.9 Å². The fraction of sp³-hybridized carbons (Fsp3) is 0.125. The van der Waals surface area contributed by atoms with E-state index in [0.717, 1.165) is 11.8 Å². The first kappa shape index (κ1) is 23.5. The van der Waals surface area contributed by atoms with Gasteiger partial charge in [-0.1, -0.05) is 42.1 Å². The second-order valence-corrected chi connectivity index (χ2v) is 8.42. The third-order valence-corrected chi connectivity index (χ3v) is 5.71. The average molecular weight is 460 g/mol. The summed E-state index contributed by atoms with van der Waals surface area (Å²) in [5.41, 5.74) is 7.74. The van der Waals surface area contributed by atoms with Crippen LogP contribution in [0.5, 0.6) is 0 Å². The smallest absolute Gasteiger partial charge is 0.259 e. The maximum Gasteiger partial charge on any atom is 0.259 e. The van der Waals surface area contributed by atoms with Crippen molar-refractivity contribution in [2.75, 3.05) is 16.4 Å². The molecule has 0 saturated heterocycles. The van der Waals surface area contributed by atoms with Gasteiger partial charge in [0.1, 0.15) is 16.9 Å². The van der Waals surface area contributed by atoms with Crippen LogP contribution in [0.4, 0.5) is 17.2 Å². The van der Waals surface area contributed by atoms with Gasteiger partial charge in [0.25, 0.3) is 5.91 Å². The van der Waals surface area contributed by atoms with Crippen molar-refractivity contribution in [2.45, 2.75) is 24.1 Å². The molecule has 0 aliphatic rings. The Morgan fingerprint density at radius 1 is 1.03 bits per heavy atom. The standard InChI is InChI=1S/C24H21N5O3S/c1-14(30)16-7-6-10-19(11-16)28-22(31)15(2)33-24-17(13-25)12-20(21(26)29-24)23(32)27-18-8-4-3-5-9-18/h3-12,15H,1-2H3,(H2,26,29)(H,27,32)(H,28,31)/t15-/m0/s1. The summed E-state index contributed by atoms with van der Waals surface area (Å²) in [7, 11) is 0. The molecule has 4 N–H and O–H groups in total. The zero-order chi connectivity index (χ0) is 24.0. The highest BCUT2D eigenvalue weighted by molar-refractivity contribution is 8.00. The summed E-state index contributed by atoms with van der Waals surface area (Å²) < 4.78 is 0. The van der Waals surface area contributed by atoms with Crippen molar-refractivity contribution < 1.29 is 14.4 Å². The topological polar surface area (TPSA) is 138 Å². The molecule has 0 spiro atoms. The van der Waals surface area contributed by atoms with Gasteiger partial charge in [-0.2, -0.15) is 5.26 Å². The van der Waals surface area contributed by atoms with Crippen LogP contribution >= 0.6 is 11.8 Å². The lowest BCUT2D eigenvalue weighted by Gasteiger charge is -2.14. The molecule has 1 heterocycles. The molecule has 0 saturated carbocycles. The predicted octanol–water partition coefficient (Wildman–Crippen LogP) is 4.11. The molecule has 2 aromatic carbocycles. The Labute approximate surface area is 195 Å². The van der Waals surface area contributed by atoms with Gasteiger partial charge >= 0.3 is 0 Å². The quantitative estimate of drug-likeness (QED) is 0.357. The lowest BCUT2D eigenvalue weighted by atomic mass is 10.1. The number of rotatable bonds is 7. The van der Waals surface area contributed by atoms with E-state index >= 15 is 0 Å². The first-order chi connectivity index (χ1) is 15.8. The highest BCUT2D eigenvalue weighted by Gasteiger charge is 2.21. The normalized spacial score (nSPS) is 11.2. The highest BCUT2D eigenvalue weighted by atomic mass is 32.2. The number of Topliss-reactive ketones (excluding diaryl/α,β-unsaturated/α-hetero) is 1. The Kier molecular flexibility index (Phi) is 7.43. The Morgan fingerprint density at radius 3 is 2.39 bits per heavy atom. The van der Waals surface area contributed by atoms with Gasteiger partial charge in [0, 0.05) is 16.9 Å². The van der Waals surface area contributed by atoms with Crippen LogP contribution in [-0.4, -0.2) is 27.8 Å². The number of nitrogen functional groups attached to an aromatic ring is 1. The zero-order valence-electron chi connectivity index (χ0n) is 18.0. The number of pyridine rings is 1. The number of ketones is 1. The Balaban J connectivity index is 1.75. The summed E-state index contributed by atoms with van der Waals surface area (Å²) >= 11 is 1.05. The third kappa shape index (κ3) is 5.96. The van der Waals surface area contributed by atoms with Gasteiger partial charge in [0.05, 0.1) is 16.4 Å². The number of para-hydroxylation sites is 1. The monoisotopic (exact) mass is 459 g/mol. The van der Waals surface area contributed by atoms with Gasteiger partial charge in [-0.05, 0) is 44.2 Å². The fourth-order valence-electron chi connectivity index (χ4n) is 2.86. The number of nitriles is 1. The average Bonchev–Trinajstić information content (AvgIpc) is 2.80. The summed E-state index contributed by atoms with van der Waals surface area (Å²) in [4.78, 5) is 41.0. The van der Waals surface area contributed by atoms with Crippen molar-refractivity contribution >= 4 is 46.6 Å². The SMILES string of the molecule is CC(=O)c1cccc(NC(=O)[C@H](C)Sc2nc(N)c(C(=O)Nc3ccccc3)cc2C#N)c1. The minimum absolute atomic E-state index is 0.0494. The minimum atomic E-state index is -0.631. The molecule has 3 rings (SSSR count). The largest absolute Gasteiger partial charge is 0.383 e. The number of hydrogen-bond donors (Lipinski definition) is 3. The van der Waals surface area contributed by atoms with E-state index in [2.05, 4.69) is 15.6 Å². The molecule has 166 valence electrons. The summed E-state index contributed by atoms with van der Waals surface area (Å²) in [6, 6.07) is 18.8. The number of hydrogen-bond acceptors (Lipinski definition) is 7. The van der Waals surface area contributed by atoms with Crippen LogP contribution in [-0.2, 0) is 4.79 Å². The molecule has 1 atom stereocenters. The summed E-state index contributed by atoms with van der Waals surface area (Å²) in [5.74, 6) is -0.985. The van der Waals surface area contributed by atoms with Gasteiger partial charge in [-0.3, -0.25) is 14.4 Å². The maximum atomic E-state index is 12.6. The van der Waals surface area contributed by atoms with Gasteiger partial charge < -0.3 is 16.4 Å². The van der Waals surface area contributed by atoms with Crippen molar-refractivity contribution in [3.63, 3.8) is 0 Å². The third-order valence-electron chi connectivity index (χ3n) is 4.61. The molecule has 0 bridgehead atoms. The van der Waals surface area contributed by atoms with Crippen molar-refractivity contribution in [1.82, 2.24) is 4.98 Å².